The van der Waals surface area contributed by atoms with Crippen LogP contribution in [0.3, 0.4) is 0 Å². The average molecular weight is 1000 g/mol. The van der Waals surface area contributed by atoms with Gasteiger partial charge in [-0.2, -0.15) is 0 Å². The highest BCUT2D eigenvalue weighted by Gasteiger charge is 2.55. The summed E-state index contributed by atoms with van der Waals surface area (Å²) in [5.74, 6) is 0.942. The summed E-state index contributed by atoms with van der Waals surface area (Å²) in [4.78, 5) is 40.2. The molecule has 4 fully saturated rings. The van der Waals surface area contributed by atoms with Crippen LogP contribution in [0.5, 0.6) is 17.2 Å². The molecule has 16 nitrogen and oxygen atoms in total. The van der Waals surface area contributed by atoms with Gasteiger partial charge < -0.3 is 29.4 Å². The molecule has 6 aromatic rings. The van der Waals surface area contributed by atoms with Crippen molar-refractivity contribution in [2.24, 2.45) is 11.3 Å². The van der Waals surface area contributed by atoms with E-state index in [0.717, 1.165) is 82.5 Å². The Kier molecular flexibility index (Phi) is 13.7. The number of anilines is 2. The summed E-state index contributed by atoms with van der Waals surface area (Å²) in [6.45, 7) is 11.7. The number of ether oxygens (including phenoxy) is 3. The number of H-pyrrole nitrogens is 1. The molecule has 372 valence electrons. The number of nitro groups is 1. The number of methoxy groups -OCH3 is 1. The molecule has 18 heteroatoms. The standard InChI is InChI=1S/C53H59ClN8O8S/c1-34(2)42-6-4-5-7-43(42)49-31-59(30-36-8-11-39(68-3)12-9-36)18-19-61(49)38-25-53(26-38)32-60(33-53)37-10-14-44(50(22-37)70-40-23-45-46(54)29-57-51(45)56-28-40)52(63)58-71(66,67)41-13-15-47(48(24-41)62(64)65)55-27-35-16-20-69-21-17-35/h4-15,22-24,28-29,34-35,38,49,55H,16-21,25-27,30-33H2,1-3H3,(H,56,57)(H,58,63). The average Bonchev–Trinajstić information content (AvgIpc) is 3.72. The van der Waals surface area contributed by atoms with E-state index in [4.69, 9.17) is 25.8 Å². The number of aromatic amines is 1. The molecule has 1 aliphatic carbocycles. The number of piperazine rings is 1. The number of halogens is 1. The van der Waals surface area contributed by atoms with Gasteiger partial charge in [-0.05, 0) is 96.7 Å². The van der Waals surface area contributed by atoms with Crippen LogP contribution in [0.25, 0.3) is 11.0 Å². The molecule has 1 atom stereocenters. The van der Waals surface area contributed by atoms with Gasteiger partial charge in [0, 0.05) is 106 Å². The first-order valence-corrected chi connectivity index (χ1v) is 26.2. The molecule has 4 aliphatic rings. The highest BCUT2D eigenvalue weighted by atomic mass is 35.5. The van der Waals surface area contributed by atoms with E-state index in [1.807, 2.05) is 12.1 Å². The van der Waals surface area contributed by atoms with E-state index >= 15 is 0 Å². The normalized spacial score (nSPS) is 18.8. The lowest BCUT2D eigenvalue weighted by Gasteiger charge is -2.63. The number of nitrogens with one attached hydrogen (secondary N) is 3. The van der Waals surface area contributed by atoms with E-state index in [1.54, 1.807) is 37.6 Å². The number of amides is 1. The van der Waals surface area contributed by atoms with Crippen molar-refractivity contribution in [2.45, 2.75) is 69.0 Å². The zero-order chi connectivity index (χ0) is 49.4. The summed E-state index contributed by atoms with van der Waals surface area (Å²) in [6.07, 6.45) is 6.88. The third kappa shape index (κ3) is 10.3. The van der Waals surface area contributed by atoms with Gasteiger partial charge >= 0.3 is 0 Å². The summed E-state index contributed by atoms with van der Waals surface area (Å²) < 4.78 is 46.9. The van der Waals surface area contributed by atoms with E-state index in [0.29, 0.717) is 47.8 Å². The van der Waals surface area contributed by atoms with Gasteiger partial charge in [-0.15, -0.1) is 0 Å². The van der Waals surface area contributed by atoms with Crippen molar-refractivity contribution in [3.05, 3.63) is 141 Å². The van der Waals surface area contributed by atoms with E-state index in [1.165, 1.54) is 35.0 Å². The van der Waals surface area contributed by atoms with Crippen molar-refractivity contribution >= 4 is 55.6 Å². The molecule has 3 saturated heterocycles. The molecule has 71 heavy (non-hydrogen) atoms. The van der Waals surface area contributed by atoms with Gasteiger partial charge in [0.2, 0.25) is 0 Å². The van der Waals surface area contributed by atoms with Gasteiger partial charge in [0.15, 0.2) is 0 Å². The molecule has 10 rings (SSSR count). The lowest BCUT2D eigenvalue weighted by molar-refractivity contribution is -0.384. The zero-order valence-electron chi connectivity index (χ0n) is 40.1. The number of hydrogen-bond acceptors (Lipinski definition) is 13. The highest BCUT2D eigenvalue weighted by molar-refractivity contribution is 7.90. The minimum atomic E-state index is -4.59. The maximum absolute atomic E-state index is 14.1. The molecule has 3 aliphatic heterocycles. The number of sulfonamides is 1. The van der Waals surface area contributed by atoms with Crippen LogP contribution in [0.4, 0.5) is 17.1 Å². The Bertz CT molecular complexity index is 3040. The summed E-state index contributed by atoms with van der Waals surface area (Å²) >= 11 is 6.43. The molecule has 1 spiro atoms. The van der Waals surface area contributed by atoms with Crippen molar-refractivity contribution in [3.8, 4) is 17.2 Å². The maximum Gasteiger partial charge on any atom is 0.293 e. The highest BCUT2D eigenvalue weighted by Crippen LogP contribution is 2.54. The minimum absolute atomic E-state index is 0.0559. The van der Waals surface area contributed by atoms with E-state index in [-0.39, 0.29) is 40.1 Å². The van der Waals surface area contributed by atoms with Gasteiger partial charge in [-0.3, -0.25) is 24.7 Å². The van der Waals surface area contributed by atoms with Crippen molar-refractivity contribution in [3.63, 3.8) is 0 Å². The Morgan fingerprint density at radius 1 is 1.00 bits per heavy atom. The van der Waals surface area contributed by atoms with E-state index in [9.17, 15) is 23.3 Å². The van der Waals surface area contributed by atoms with Crippen LogP contribution in [0.1, 0.15) is 78.5 Å². The third-order valence-electron chi connectivity index (χ3n) is 14.8. The number of nitro benzene ring substituents is 1. The van der Waals surface area contributed by atoms with Gasteiger partial charge in [0.05, 0.1) is 33.7 Å². The summed E-state index contributed by atoms with van der Waals surface area (Å²) in [7, 11) is -2.89. The summed E-state index contributed by atoms with van der Waals surface area (Å²) in [5.41, 5.74) is 5.28. The Balaban J connectivity index is 0.853. The monoisotopic (exact) mass is 1000 g/mol. The molecular weight excluding hydrogens is 944 g/mol. The Morgan fingerprint density at radius 3 is 2.52 bits per heavy atom. The van der Waals surface area contributed by atoms with Gasteiger partial charge in [0.1, 0.15) is 28.6 Å². The summed E-state index contributed by atoms with van der Waals surface area (Å²) in [6, 6.07) is 28.3. The second-order valence-electron chi connectivity index (χ2n) is 19.8. The molecule has 1 saturated carbocycles. The predicted octanol–water partition coefficient (Wildman–Crippen LogP) is 9.53. The fraction of sp³-hybridized carbons (Fsp3) is 0.396. The van der Waals surface area contributed by atoms with Gasteiger partial charge in [-0.1, -0.05) is 61.8 Å². The number of nitrogens with zero attached hydrogens (tertiary/aromatic N) is 5. The predicted molar refractivity (Wildman–Crippen MR) is 273 cm³/mol. The largest absolute Gasteiger partial charge is 0.497 e. The molecule has 1 unspecified atom stereocenters. The number of benzene rings is 4. The van der Waals surface area contributed by atoms with Crippen LogP contribution in [-0.4, -0.2) is 105 Å². The van der Waals surface area contributed by atoms with Crippen molar-refractivity contribution in [2.75, 3.05) is 69.8 Å². The molecule has 2 aromatic heterocycles. The SMILES string of the molecule is COc1ccc(CN2CCN(C3CC4(C3)CN(c3ccc(C(=O)NS(=O)(=O)c5ccc(NCC6CCOCC6)c([N+](=O)[O-])c5)c(Oc5cnc6[nH]cc(Cl)c6c5)c3)C4)C(c3ccccc3C(C)C)C2)cc1. The third-order valence-corrected chi connectivity index (χ3v) is 16.4. The second kappa shape index (κ2) is 20.1. The first-order chi connectivity index (χ1) is 34.2. The lowest BCUT2D eigenvalue weighted by Crippen LogP contribution is -2.68. The van der Waals surface area contributed by atoms with Crippen molar-refractivity contribution in [1.82, 2.24) is 24.5 Å². The number of carbonyl (C=O) groups is 1. The van der Waals surface area contributed by atoms with Crippen LogP contribution < -0.4 is 24.4 Å². The topological polar surface area (TPSA) is 184 Å². The van der Waals surface area contributed by atoms with Crippen LogP contribution in [-0.2, 0) is 21.3 Å². The number of rotatable bonds is 16. The van der Waals surface area contributed by atoms with Crippen LogP contribution in [0.15, 0.2) is 108 Å². The number of pyridine rings is 1. The number of hydrogen-bond donors (Lipinski definition) is 3. The fourth-order valence-corrected chi connectivity index (χ4v) is 12.1. The zero-order valence-corrected chi connectivity index (χ0v) is 41.7. The molecule has 1 amide bonds. The minimum Gasteiger partial charge on any atom is -0.497 e. The second-order valence-corrected chi connectivity index (χ2v) is 21.9. The van der Waals surface area contributed by atoms with Crippen LogP contribution >= 0.6 is 11.6 Å². The smallest absolute Gasteiger partial charge is 0.293 e. The van der Waals surface area contributed by atoms with Crippen LogP contribution in [0, 0.1) is 21.4 Å². The van der Waals surface area contributed by atoms with Crippen molar-refractivity contribution in [1.29, 1.82) is 0 Å². The molecule has 0 bridgehead atoms. The van der Waals surface area contributed by atoms with E-state index in [2.05, 4.69) is 85.0 Å². The first kappa shape index (κ1) is 48.4. The van der Waals surface area contributed by atoms with Gasteiger partial charge in [0.25, 0.3) is 21.6 Å². The van der Waals surface area contributed by atoms with E-state index < -0.39 is 31.4 Å². The molecule has 0 radical (unpaired) electrons. The van der Waals surface area contributed by atoms with Crippen molar-refractivity contribution < 1.29 is 32.3 Å². The fourth-order valence-electron chi connectivity index (χ4n) is 11.0. The van der Waals surface area contributed by atoms with Crippen LogP contribution in [0.2, 0.25) is 5.02 Å². The maximum atomic E-state index is 14.1. The number of fused-ring (bicyclic) bond motifs is 1. The number of aromatic nitrogens is 2. The lowest BCUT2D eigenvalue weighted by atomic mass is 9.59. The molecule has 5 heterocycles. The number of carbonyl (C=O) groups excluding carboxylic acids is 1. The Labute approximate surface area is 418 Å². The van der Waals surface area contributed by atoms with Gasteiger partial charge in [-0.25, -0.2) is 18.1 Å². The molecule has 3 N–H and O–H groups in total. The molecule has 4 aromatic carbocycles. The first-order valence-electron chi connectivity index (χ1n) is 24.3. The summed E-state index contributed by atoms with van der Waals surface area (Å²) in [5, 5.41) is 16.3. The Morgan fingerprint density at radius 2 is 1.77 bits per heavy atom. The Hall–Kier alpha value is -6.24. The quantitative estimate of drug-likeness (QED) is 0.0616. The molecular formula is C53H59ClN8O8S.